The number of ether oxygens (including phenoxy) is 2. The highest BCUT2D eigenvalue weighted by Gasteiger charge is 2.36. The molecule has 5 aromatic rings. The first-order valence-corrected chi connectivity index (χ1v) is 31.1. The molecule has 8 heterocycles. The number of aryl methyl sites for hydroxylation is 3. The van der Waals surface area contributed by atoms with E-state index in [1.807, 2.05) is 17.0 Å². The van der Waals surface area contributed by atoms with Crippen LogP contribution >= 0.6 is 11.6 Å². The number of likely N-dealkylation sites (N-methyl/N-ethyl adjacent to an activating group) is 1. The highest BCUT2D eigenvalue weighted by molar-refractivity contribution is 6.40. The van der Waals surface area contributed by atoms with Gasteiger partial charge in [-0.15, -0.1) is 0 Å². The van der Waals surface area contributed by atoms with E-state index in [-0.39, 0.29) is 53.6 Å². The molecule has 3 aromatic heterocycles. The highest BCUT2D eigenvalue weighted by Crippen LogP contribution is 2.44. The van der Waals surface area contributed by atoms with Gasteiger partial charge in [-0.2, -0.15) is 10.2 Å². The van der Waals surface area contributed by atoms with Crippen LogP contribution in [0, 0.1) is 5.92 Å². The Morgan fingerprint density at radius 2 is 1.60 bits per heavy atom. The molecule has 25 heteroatoms. The van der Waals surface area contributed by atoms with E-state index in [2.05, 4.69) is 51.2 Å². The minimum Gasteiger partial charge on any atom is -0.494 e. The van der Waals surface area contributed by atoms with Crippen molar-refractivity contribution in [2.24, 2.45) is 25.0 Å². The van der Waals surface area contributed by atoms with Crippen LogP contribution in [-0.2, 0) is 47.9 Å². The number of aromatic nitrogens is 5. The summed E-state index contributed by atoms with van der Waals surface area (Å²) in [6.45, 7) is 4.50. The van der Waals surface area contributed by atoms with Crippen molar-refractivity contribution < 1.29 is 37.4 Å². The predicted molar refractivity (Wildman–Crippen MR) is 331 cm³/mol. The van der Waals surface area contributed by atoms with Gasteiger partial charge in [-0.25, -0.2) is 13.6 Å². The van der Waals surface area contributed by atoms with Crippen molar-refractivity contribution >= 4 is 69.7 Å². The predicted octanol–water partition coefficient (Wildman–Crippen LogP) is 7.97. The molecule has 5 aliphatic heterocycles. The Morgan fingerprint density at radius 1 is 0.851 bits per heavy atom. The number of pyridine rings is 1. The number of hydrogen-bond donors (Lipinski definition) is 5. The summed E-state index contributed by atoms with van der Waals surface area (Å²) in [7, 11) is 8.03. The molecule has 2 aromatic carbocycles. The van der Waals surface area contributed by atoms with Gasteiger partial charge in [-0.3, -0.25) is 38.4 Å². The second-order valence-electron chi connectivity index (χ2n) is 23.3. The number of amides is 5. The molecular formula is C62H82ClF2N15O7. The van der Waals surface area contributed by atoms with Crippen LogP contribution in [0.15, 0.2) is 63.4 Å². The smallest absolute Gasteiger partial charge is 0.317 e. The molecule has 0 radical (unpaired) electrons. The van der Waals surface area contributed by atoms with Gasteiger partial charge in [0.25, 0.3) is 17.9 Å². The number of methoxy groups -OCH3 is 1. The van der Waals surface area contributed by atoms with Gasteiger partial charge in [-0.05, 0) is 86.8 Å². The monoisotopic (exact) mass is 1220 g/mol. The van der Waals surface area contributed by atoms with Crippen LogP contribution in [-0.4, -0.2) is 149 Å². The van der Waals surface area contributed by atoms with E-state index in [1.165, 1.54) is 18.7 Å². The average molecular weight is 1220 g/mol. The second-order valence-corrected chi connectivity index (χ2v) is 23.7. The van der Waals surface area contributed by atoms with Crippen molar-refractivity contribution in [3.63, 3.8) is 0 Å². The molecule has 2 saturated heterocycles. The van der Waals surface area contributed by atoms with Gasteiger partial charge < -0.3 is 55.3 Å². The summed E-state index contributed by atoms with van der Waals surface area (Å²) in [6.07, 6.45) is 15.8. The molecule has 0 spiro atoms. The number of rotatable bonds is 23. The Kier molecular flexibility index (Phi) is 20.3. The fourth-order valence-corrected chi connectivity index (χ4v) is 13.0. The number of aliphatic imine (C=N–C) groups is 1. The van der Waals surface area contributed by atoms with Crippen molar-refractivity contribution in [2.75, 3.05) is 83.8 Å². The third-order valence-corrected chi connectivity index (χ3v) is 18.0. The number of benzene rings is 2. The van der Waals surface area contributed by atoms with E-state index in [9.17, 15) is 32.8 Å². The molecule has 5 amide bonds. The second kappa shape index (κ2) is 28.4. The quantitative estimate of drug-likeness (QED) is 0.0392. The zero-order valence-electron chi connectivity index (χ0n) is 50.6. The van der Waals surface area contributed by atoms with Gasteiger partial charge in [0.1, 0.15) is 11.6 Å². The molecule has 468 valence electrons. The molecule has 1 atom stereocenters. The number of piperidine rings is 2. The molecule has 87 heavy (non-hydrogen) atoms. The van der Waals surface area contributed by atoms with Crippen LogP contribution in [0.25, 0.3) is 22.0 Å². The molecule has 0 bridgehead atoms. The molecule has 5 N–H and O–H groups in total. The summed E-state index contributed by atoms with van der Waals surface area (Å²) < 4.78 is 46.0. The van der Waals surface area contributed by atoms with E-state index in [1.54, 1.807) is 67.5 Å². The van der Waals surface area contributed by atoms with E-state index in [4.69, 9.17) is 26.2 Å². The summed E-state index contributed by atoms with van der Waals surface area (Å²) in [5.41, 5.74) is 5.60. The largest absolute Gasteiger partial charge is 0.494 e. The van der Waals surface area contributed by atoms with Crippen LogP contribution in [0.3, 0.4) is 0 Å². The number of nitrogens with zero attached hydrogens (tertiary/aromatic N) is 10. The van der Waals surface area contributed by atoms with Gasteiger partial charge in [0.15, 0.2) is 24.5 Å². The zero-order valence-corrected chi connectivity index (χ0v) is 51.3. The molecule has 10 rings (SSSR count). The Balaban J connectivity index is 0.613. The molecule has 5 aliphatic rings. The van der Waals surface area contributed by atoms with Crippen molar-refractivity contribution in [3.8, 4) is 22.6 Å². The molecule has 2 fully saturated rings. The number of fused-ring (bicyclic) bond motifs is 3. The lowest BCUT2D eigenvalue weighted by Crippen LogP contribution is -2.51. The van der Waals surface area contributed by atoms with Crippen LogP contribution in [0.5, 0.6) is 11.5 Å². The molecule has 22 nitrogen and oxygen atoms in total. The number of unbranched alkanes of at least 4 members (excludes halogenated alkanes) is 7. The van der Waals surface area contributed by atoms with Crippen LogP contribution in [0.1, 0.15) is 125 Å². The van der Waals surface area contributed by atoms with Gasteiger partial charge in [-0.1, -0.05) is 50.1 Å². The Labute approximate surface area is 511 Å². The van der Waals surface area contributed by atoms with Crippen molar-refractivity contribution in [1.82, 2.24) is 60.1 Å². The van der Waals surface area contributed by atoms with Gasteiger partial charge in [0.2, 0.25) is 11.8 Å². The normalized spacial score (nSPS) is 17.5. The SMILES string of the molecule is CNC(=O)COc1cc2cc(NC3=C(Cl)C=NC(N4CCC(C(=O)NCCCCCCCCCCC(=O)N5CCC(n6nc(N7CCCc8cc(-c9cnn(C)c9)c(C(F)F)cc87)c7c6CCN(C(=O)NC)C7)CC5)CC4)N3)cc(OC)c2n(C)c1=O. The van der Waals surface area contributed by atoms with Gasteiger partial charge >= 0.3 is 6.03 Å². The lowest BCUT2D eigenvalue weighted by Gasteiger charge is -2.37. The standard InChI is InChI=1S/C62H82ClF2N15O7/c1-66-53(81)38-87-52-31-41-29-43(32-51(86-5)55(41)75(4)60(52)84)71-57-48(63)35-69-61(72-57)77-24-17-39(18-25-77)59(83)68-22-13-11-9-7-6-8-10-12-16-54(82)76-26-19-44(20-27-76)80-49-21-28-78(62(85)67-2)37-47(49)58(73-80)79-23-14-15-40-30-45(42-34-70-74(3)36-42)46(56(64)65)33-50(40)79/h29-36,39,44,56,61,71-72H,6-28,37-38H2,1-5H3,(H,66,81)(H,67,85)(H,68,83). The van der Waals surface area contributed by atoms with Crippen molar-refractivity contribution in [3.05, 3.63) is 86.3 Å². The van der Waals surface area contributed by atoms with Crippen LogP contribution < -0.4 is 46.5 Å². The number of anilines is 3. The van der Waals surface area contributed by atoms with Gasteiger partial charge in [0, 0.05) is 150 Å². The topological polar surface area (TPSA) is 230 Å². The van der Waals surface area contributed by atoms with E-state index < -0.39 is 18.3 Å². The van der Waals surface area contributed by atoms with Crippen LogP contribution in [0.4, 0.5) is 30.8 Å². The fraction of sp³-hybridized carbons (Fsp3) is 0.548. The number of hydrogen-bond acceptors (Lipinski definition) is 14. The summed E-state index contributed by atoms with van der Waals surface area (Å²) in [4.78, 5) is 77.2. The number of halogens is 3. The van der Waals surface area contributed by atoms with E-state index in [0.29, 0.717) is 128 Å². The number of carbonyl (C=O) groups is 4. The number of nitrogens with one attached hydrogen (secondary N) is 5. The number of urea groups is 1. The lowest BCUT2D eigenvalue weighted by molar-refractivity contribution is -0.132. The molecule has 0 aliphatic carbocycles. The van der Waals surface area contributed by atoms with Crippen molar-refractivity contribution in [2.45, 2.75) is 128 Å². The maximum Gasteiger partial charge on any atom is 0.317 e. The lowest BCUT2D eigenvalue weighted by atomic mass is 9.92. The van der Waals surface area contributed by atoms with Crippen molar-refractivity contribution in [1.29, 1.82) is 0 Å². The first-order valence-electron chi connectivity index (χ1n) is 30.7. The Hall–Kier alpha value is -7.73. The average Bonchev–Trinajstić information content (AvgIpc) is 1.94. The summed E-state index contributed by atoms with van der Waals surface area (Å²) in [6, 6.07) is 8.61. The fourth-order valence-electron chi connectivity index (χ4n) is 12.9. The molecule has 1 unspecified atom stereocenters. The van der Waals surface area contributed by atoms with Crippen LogP contribution in [0.2, 0.25) is 0 Å². The maximum atomic E-state index is 14.8. The third-order valence-electron chi connectivity index (χ3n) is 17.7. The third kappa shape index (κ3) is 14.3. The number of allylic oxidation sites excluding steroid dienone is 1. The highest BCUT2D eigenvalue weighted by atomic mass is 35.5. The molecule has 0 saturated carbocycles. The summed E-state index contributed by atoms with van der Waals surface area (Å²) in [5.74, 6) is 1.58. The first kappa shape index (κ1) is 62.3. The van der Waals surface area contributed by atoms with E-state index >= 15 is 0 Å². The number of likely N-dealkylation sites (tertiary alicyclic amines) is 2. The number of alkyl halides is 2. The minimum atomic E-state index is -2.69. The Bertz CT molecular complexity index is 3440. The molecular weight excluding hydrogens is 1140 g/mol. The summed E-state index contributed by atoms with van der Waals surface area (Å²) in [5, 5.41) is 25.7. The summed E-state index contributed by atoms with van der Waals surface area (Å²) >= 11 is 6.64. The Morgan fingerprint density at radius 3 is 2.30 bits per heavy atom. The minimum absolute atomic E-state index is 0.0272. The maximum absolute atomic E-state index is 14.8. The van der Waals surface area contributed by atoms with Gasteiger partial charge in [0.05, 0.1) is 36.4 Å². The zero-order chi connectivity index (χ0) is 61.3. The first-order chi connectivity index (χ1) is 42.1. The number of carbonyl (C=O) groups excluding carboxylic acids is 4. The van der Waals surface area contributed by atoms with E-state index in [0.717, 1.165) is 99.6 Å².